The number of nitrogens with zero attached hydrogens (tertiary/aromatic N) is 3. The topological polar surface area (TPSA) is 40.5 Å². The molecule has 7 heteroatoms. The maximum Gasteiger partial charge on any atom is 0.193 e. The van der Waals surface area contributed by atoms with E-state index in [1.165, 1.54) is 10.6 Å². The maximum absolute atomic E-state index is 4.49. The zero-order chi connectivity index (χ0) is 16.7. The SMILES string of the molecule is CN=C(NCCCc1nc(C)cs1)N(C)Cc1ccccc1Br.I. The molecule has 0 spiro atoms. The summed E-state index contributed by atoms with van der Waals surface area (Å²) in [5, 5.41) is 6.74. The van der Waals surface area contributed by atoms with Crippen LogP contribution in [0, 0.1) is 6.92 Å². The summed E-state index contributed by atoms with van der Waals surface area (Å²) in [4.78, 5) is 11.0. The van der Waals surface area contributed by atoms with Gasteiger partial charge in [0.2, 0.25) is 0 Å². The van der Waals surface area contributed by atoms with Crippen molar-refractivity contribution in [3.05, 3.63) is 50.4 Å². The van der Waals surface area contributed by atoms with Gasteiger partial charge < -0.3 is 10.2 Å². The summed E-state index contributed by atoms with van der Waals surface area (Å²) in [5.74, 6) is 0.913. The second kappa shape index (κ2) is 11.0. The van der Waals surface area contributed by atoms with Crippen LogP contribution in [0.25, 0.3) is 0 Å². The summed E-state index contributed by atoms with van der Waals surface area (Å²) < 4.78 is 1.13. The van der Waals surface area contributed by atoms with E-state index >= 15 is 0 Å². The van der Waals surface area contributed by atoms with E-state index in [0.29, 0.717) is 0 Å². The Hall–Kier alpha value is -0.670. The lowest BCUT2D eigenvalue weighted by atomic mass is 10.2. The standard InChI is InChI=1S/C17H23BrN4S.HI/c1-13-12-23-16(21-13)9-6-10-20-17(19-2)22(3)11-14-7-4-5-8-15(14)18;/h4-5,7-8,12H,6,9-11H2,1-3H3,(H,19,20);1H. The van der Waals surface area contributed by atoms with Crippen molar-refractivity contribution in [3.63, 3.8) is 0 Å². The Kier molecular flexibility index (Phi) is 9.84. The van der Waals surface area contributed by atoms with E-state index in [2.05, 4.69) is 66.7 Å². The van der Waals surface area contributed by atoms with E-state index in [0.717, 1.165) is 42.1 Å². The molecule has 2 aromatic rings. The summed E-state index contributed by atoms with van der Waals surface area (Å²) in [5.41, 5.74) is 2.36. The fraction of sp³-hybridized carbons (Fsp3) is 0.412. The maximum atomic E-state index is 4.49. The molecule has 2 rings (SSSR count). The monoisotopic (exact) mass is 522 g/mol. The number of halogens is 2. The summed E-state index contributed by atoms with van der Waals surface area (Å²) in [7, 11) is 3.88. The first-order valence-electron chi connectivity index (χ1n) is 7.66. The lowest BCUT2D eigenvalue weighted by Gasteiger charge is -2.22. The van der Waals surface area contributed by atoms with E-state index in [4.69, 9.17) is 0 Å². The van der Waals surface area contributed by atoms with Crippen molar-refractivity contribution in [3.8, 4) is 0 Å². The molecule has 0 aliphatic heterocycles. The molecule has 0 aliphatic carbocycles. The number of benzene rings is 1. The van der Waals surface area contributed by atoms with Gasteiger partial charge in [0, 0.05) is 49.2 Å². The zero-order valence-corrected chi connectivity index (χ0v) is 19.0. The summed E-state index contributed by atoms with van der Waals surface area (Å²) >= 11 is 5.33. The summed E-state index contributed by atoms with van der Waals surface area (Å²) in [6.07, 6.45) is 2.06. The smallest absolute Gasteiger partial charge is 0.193 e. The average Bonchev–Trinajstić information content (AvgIpc) is 2.95. The van der Waals surface area contributed by atoms with Crippen molar-refractivity contribution in [2.45, 2.75) is 26.3 Å². The van der Waals surface area contributed by atoms with Gasteiger partial charge in [-0.05, 0) is 25.0 Å². The predicted octanol–water partition coefficient (Wildman–Crippen LogP) is 4.47. The first-order valence-corrected chi connectivity index (χ1v) is 9.33. The van der Waals surface area contributed by atoms with Gasteiger partial charge in [-0.1, -0.05) is 34.1 Å². The third-order valence-corrected chi connectivity index (χ3v) is 5.26. The summed E-state index contributed by atoms with van der Waals surface area (Å²) in [6, 6.07) is 8.27. The van der Waals surface area contributed by atoms with Crippen molar-refractivity contribution < 1.29 is 0 Å². The van der Waals surface area contributed by atoms with Crippen LogP contribution in [0.4, 0.5) is 0 Å². The van der Waals surface area contributed by atoms with Crippen LogP contribution >= 0.6 is 51.2 Å². The van der Waals surface area contributed by atoms with Crippen LogP contribution in [-0.4, -0.2) is 36.5 Å². The van der Waals surface area contributed by atoms with E-state index in [9.17, 15) is 0 Å². The Morgan fingerprint density at radius 2 is 2.12 bits per heavy atom. The number of guanidine groups is 1. The number of hydrogen-bond acceptors (Lipinski definition) is 3. The van der Waals surface area contributed by atoms with Gasteiger partial charge in [-0.15, -0.1) is 35.3 Å². The Bertz CT molecular complexity index is 660. The van der Waals surface area contributed by atoms with Crippen LogP contribution in [0.5, 0.6) is 0 Å². The molecule has 1 heterocycles. The van der Waals surface area contributed by atoms with E-state index in [-0.39, 0.29) is 24.0 Å². The Balaban J connectivity index is 0.00000288. The minimum atomic E-state index is 0. The van der Waals surface area contributed by atoms with E-state index < -0.39 is 0 Å². The molecule has 132 valence electrons. The molecule has 0 fully saturated rings. The third-order valence-electron chi connectivity index (χ3n) is 3.46. The largest absolute Gasteiger partial charge is 0.356 e. The molecule has 0 radical (unpaired) electrons. The first kappa shape index (κ1) is 21.4. The Labute approximate surface area is 173 Å². The molecule has 4 nitrogen and oxygen atoms in total. The number of hydrogen-bond donors (Lipinski definition) is 1. The fourth-order valence-corrected chi connectivity index (χ4v) is 3.53. The molecular weight excluding hydrogens is 499 g/mol. The van der Waals surface area contributed by atoms with E-state index in [1.54, 1.807) is 11.3 Å². The number of aryl methyl sites for hydroxylation is 2. The van der Waals surface area contributed by atoms with Crippen LogP contribution < -0.4 is 5.32 Å². The molecule has 0 saturated carbocycles. The molecule has 1 aromatic carbocycles. The summed E-state index contributed by atoms with van der Waals surface area (Å²) in [6.45, 7) is 3.75. The number of aromatic nitrogens is 1. The van der Waals surface area contributed by atoms with E-state index in [1.807, 2.05) is 20.0 Å². The Morgan fingerprint density at radius 3 is 2.75 bits per heavy atom. The van der Waals surface area contributed by atoms with Crippen LogP contribution in [0.2, 0.25) is 0 Å². The minimum absolute atomic E-state index is 0. The minimum Gasteiger partial charge on any atom is -0.356 e. The average molecular weight is 523 g/mol. The number of aliphatic imine (C=N–C) groups is 1. The predicted molar refractivity (Wildman–Crippen MR) is 118 cm³/mol. The highest BCUT2D eigenvalue weighted by Gasteiger charge is 2.08. The van der Waals surface area contributed by atoms with Gasteiger partial charge in [0.1, 0.15) is 0 Å². The van der Waals surface area contributed by atoms with Crippen molar-refractivity contribution in [1.82, 2.24) is 15.2 Å². The van der Waals surface area contributed by atoms with Gasteiger partial charge in [0.25, 0.3) is 0 Å². The highest BCUT2D eigenvalue weighted by atomic mass is 127. The van der Waals surface area contributed by atoms with Gasteiger partial charge in [-0.25, -0.2) is 4.98 Å². The van der Waals surface area contributed by atoms with Crippen LogP contribution in [-0.2, 0) is 13.0 Å². The van der Waals surface area contributed by atoms with Crippen LogP contribution in [0.15, 0.2) is 39.1 Å². The molecule has 0 bridgehead atoms. The van der Waals surface area contributed by atoms with Gasteiger partial charge in [-0.2, -0.15) is 0 Å². The fourth-order valence-electron chi connectivity index (χ4n) is 2.30. The molecule has 0 atom stereocenters. The van der Waals surface area contributed by atoms with Crippen molar-refractivity contribution in [2.75, 3.05) is 20.6 Å². The number of thiazole rings is 1. The van der Waals surface area contributed by atoms with Crippen molar-refractivity contribution in [2.24, 2.45) is 4.99 Å². The molecule has 0 unspecified atom stereocenters. The van der Waals surface area contributed by atoms with Crippen LogP contribution in [0.1, 0.15) is 22.7 Å². The van der Waals surface area contributed by atoms with Crippen LogP contribution in [0.3, 0.4) is 0 Å². The second-order valence-corrected chi connectivity index (χ2v) is 7.20. The van der Waals surface area contributed by atoms with Gasteiger partial charge in [-0.3, -0.25) is 4.99 Å². The highest BCUT2D eigenvalue weighted by Crippen LogP contribution is 2.17. The molecule has 24 heavy (non-hydrogen) atoms. The van der Waals surface area contributed by atoms with Gasteiger partial charge in [0.05, 0.1) is 5.01 Å². The number of nitrogens with one attached hydrogen (secondary N) is 1. The van der Waals surface area contributed by atoms with Crippen molar-refractivity contribution in [1.29, 1.82) is 0 Å². The molecule has 0 amide bonds. The molecule has 1 aromatic heterocycles. The highest BCUT2D eigenvalue weighted by molar-refractivity contribution is 14.0. The lowest BCUT2D eigenvalue weighted by molar-refractivity contribution is 0.475. The van der Waals surface area contributed by atoms with Crippen molar-refractivity contribution >= 4 is 57.2 Å². The Morgan fingerprint density at radius 1 is 1.38 bits per heavy atom. The number of rotatable bonds is 6. The zero-order valence-electron chi connectivity index (χ0n) is 14.3. The van der Waals surface area contributed by atoms with Gasteiger partial charge >= 0.3 is 0 Å². The normalized spacial score (nSPS) is 11.1. The molecular formula is C17H24BrIN4S. The lowest BCUT2D eigenvalue weighted by Crippen LogP contribution is -2.39. The third kappa shape index (κ3) is 6.68. The quantitative estimate of drug-likeness (QED) is 0.263. The first-order chi connectivity index (χ1) is 11.1. The second-order valence-electron chi connectivity index (χ2n) is 5.41. The molecule has 1 N–H and O–H groups in total. The molecule has 0 aliphatic rings. The van der Waals surface area contributed by atoms with Gasteiger partial charge in [0.15, 0.2) is 5.96 Å². The molecule has 0 saturated heterocycles.